The number of hydrogen-bond donors (Lipinski definition) is 2. The van der Waals surface area contributed by atoms with Crippen molar-refractivity contribution in [3.8, 4) is 0 Å². The fraction of sp³-hybridized carbons (Fsp3) is 0.250. The van der Waals surface area contributed by atoms with Gasteiger partial charge in [0.25, 0.3) is 0 Å². The Morgan fingerprint density at radius 2 is 1.67 bits per heavy atom. The molecule has 1 aromatic rings. The van der Waals surface area contributed by atoms with Gasteiger partial charge in [-0.25, -0.2) is 5.90 Å². The summed E-state index contributed by atoms with van der Waals surface area (Å²) in [6.45, 7) is 0.482. The molecule has 3 N–H and O–H groups in total. The summed E-state index contributed by atoms with van der Waals surface area (Å²) in [5, 5.41) is 8.70. The SMILES string of the molecule is Cl.NOCc1ccc(CO)cc1. The summed E-state index contributed by atoms with van der Waals surface area (Å²) in [7, 11) is 0. The van der Waals surface area contributed by atoms with E-state index in [2.05, 4.69) is 4.84 Å². The second kappa shape index (κ2) is 5.97. The quantitative estimate of drug-likeness (QED) is 0.698. The van der Waals surface area contributed by atoms with Crippen molar-refractivity contribution >= 4 is 12.4 Å². The molecule has 1 rings (SSSR count). The molecule has 0 saturated heterocycles. The Balaban J connectivity index is 0.00000121. The van der Waals surface area contributed by atoms with Gasteiger partial charge >= 0.3 is 0 Å². The molecule has 0 aliphatic heterocycles. The van der Waals surface area contributed by atoms with Crippen molar-refractivity contribution in [1.29, 1.82) is 0 Å². The molecule has 68 valence electrons. The Morgan fingerprint density at radius 1 is 1.17 bits per heavy atom. The van der Waals surface area contributed by atoms with E-state index in [1.54, 1.807) is 0 Å². The van der Waals surface area contributed by atoms with Crippen molar-refractivity contribution in [2.45, 2.75) is 13.2 Å². The van der Waals surface area contributed by atoms with Crippen LogP contribution in [0.3, 0.4) is 0 Å². The third-order valence-electron chi connectivity index (χ3n) is 1.46. The van der Waals surface area contributed by atoms with Gasteiger partial charge in [-0.15, -0.1) is 12.4 Å². The molecule has 0 amide bonds. The van der Waals surface area contributed by atoms with Crippen molar-refractivity contribution in [2.75, 3.05) is 0 Å². The average Bonchev–Trinajstić information content (AvgIpc) is 2.07. The molecule has 0 unspecified atom stereocenters. The van der Waals surface area contributed by atoms with Crippen molar-refractivity contribution in [1.82, 2.24) is 0 Å². The Bertz CT molecular complexity index is 213. The number of aliphatic hydroxyl groups excluding tert-OH is 1. The summed E-state index contributed by atoms with van der Waals surface area (Å²) in [6.07, 6.45) is 0. The molecule has 12 heavy (non-hydrogen) atoms. The van der Waals surface area contributed by atoms with E-state index in [1.807, 2.05) is 24.3 Å². The van der Waals surface area contributed by atoms with E-state index in [4.69, 9.17) is 11.0 Å². The largest absolute Gasteiger partial charge is 0.392 e. The van der Waals surface area contributed by atoms with Gasteiger partial charge in [0.1, 0.15) is 0 Å². The minimum absolute atomic E-state index is 0. The molecule has 0 atom stereocenters. The lowest BCUT2D eigenvalue weighted by Gasteiger charge is -1.99. The maximum atomic E-state index is 8.70. The van der Waals surface area contributed by atoms with Gasteiger partial charge in [0.05, 0.1) is 13.2 Å². The van der Waals surface area contributed by atoms with E-state index < -0.39 is 0 Å². The van der Waals surface area contributed by atoms with Gasteiger partial charge in [0.2, 0.25) is 0 Å². The fourth-order valence-electron chi connectivity index (χ4n) is 0.837. The highest BCUT2D eigenvalue weighted by atomic mass is 35.5. The first kappa shape index (κ1) is 11.4. The first-order chi connectivity index (χ1) is 5.36. The molecular weight excluding hydrogens is 178 g/mol. The molecule has 0 aliphatic carbocycles. The van der Waals surface area contributed by atoms with Crippen LogP contribution in [0.1, 0.15) is 11.1 Å². The summed E-state index contributed by atoms with van der Waals surface area (Å²) in [4.78, 5) is 4.44. The molecular formula is C8H12ClNO2. The smallest absolute Gasteiger partial charge is 0.0930 e. The molecule has 0 aromatic heterocycles. The Labute approximate surface area is 77.5 Å². The van der Waals surface area contributed by atoms with Gasteiger partial charge in [0.15, 0.2) is 0 Å². The van der Waals surface area contributed by atoms with Crippen molar-refractivity contribution in [2.24, 2.45) is 5.90 Å². The number of halogens is 1. The monoisotopic (exact) mass is 189 g/mol. The third kappa shape index (κ3) is 3.19. The average molecular weight is 190 g/mol. The Hall–Kier alpha value is -0.610. The van der Waals surface area contributed by atoms with Gasteiger partial charge in [-0.1, -0.05) is 24.3 Å². The summed E-state index contributed by atoms with van der Waals surface area (Å²) in [6, 6.07) is 7.43. The number of aliphatic hydroxyl groups is 1. The summed E-state index contributed by atoms with van der Waals surface area (Å²) in [5.74, 6) is 4.88. The lowest BCUT2D eigenvalue weighted by Crippen LogP contribution is -1.98. The predicted molar refractivity (Wildman–Crippen MR) is 48.6 cm³/mol. The van der Waals surface area contributed by atoms with Crippen LogP contribution < -0.4 is 5.90 Å². The molecule has 0 fully saturated rings. The van der Waals surface area contributed by atoms with Crippen LogP contribution in [-0.4, -0.2) is 5.11 Å². The lowest BCUT2D eigenvalue weighted by molar-refractivity contribution is 0.124. The van der Waals surface area contributed by atoms with Crippen LogP contribution >= 0.6 is 12.4 Å². The second-order valence-corrected chi connectivity index (χ2v) is 2.29. The van der Waals surface area contributed by atoms with Gasteiger partial charge in [0, 0.05) is 0 Å². The van der Waals surface area contributed by atoms with E-state index in [0.717, 1.165) is 11.1 Å². The third-order valence-corrected chi connectivity index (χ3v) is 1.46. The molecule has 0 heterocycles. The summed E-state index contributed by atoms with van der Waals surface area (Å²) >= 11 is 0. The minimum Gasteiger partial charge on any atom is -0.392 e. The Kier molecular flexibility index (Phi) is 5.66. The molecule has 4 heteroatoms. The van der Waals surface area contributed by atoms with Crippen LogP contribution in [0.15, 0.2) is 24.3 Å². The molecule has 3 nitrogen and oxygen atoms in total. The van der Waals surface area contributed by atoms with Crippen molar-refractivity contribution < 1.29 is 9.94 Å². The highest BCUT2D eigenvalue weighted by molar-refractivity contribution is 5.85. The van der Waals surface area contributed by atoms with Crippen molar-refractivity contribution in [3.05, 3.63) is 35.4 Å². The number of hydrogen-bond acceptors (Lipinski definition) is 3. The van der Waals surface area contributed by atoms with Crippen molar-refractivity contribution in [3.63, 3.8) is 0 Å². The Morgan fingerprint density at radius 3 is 2.08 bits per heavy atom. The molecule has 0 radical (unpaired) electrons. The molecule has 0 aliphatic rings. The van der Waals surface area contributed by atoms with Crippen LogP contribution in [-0.2, 0) is 18.1 Å². The normalized spacial score (nSPS) is 9.17. The van der Waals surface area contributed by atoms with Crippen LogP contribution in [0, 0.1) is 0 Å². The highest BCUT2D eigenvalue weighted by Crippen LogP contribution is 2.04. The summed E-state index contributed by atoms with van der Waals surface area (Å²) in [5.41, 5.74) is 1.90. The fourth-order valence-corrected chi connectivity index (χ4v) is 0.837. The van der Waals surface area contributed by atoms with Crippen LogP contribution in [0.5, 0.6) is 0 Å². The maximum Gasteiger partial charge on any atom is 0.0930 e. The van der Waals surface area contributed by atoms with E-state index in [0.29, 0.717) is 6.61 Å². The van der Waals surface area contributed by atoms with Gasteiger partial charge < -0.3 is 5.11 Å². The number of benzene rings is 1. The van der Waals surface area contributed by atoms with E-state index in [-0.39, 0.29) is 19.0 Å². The topological polar surface area (TPSA) is 55.5 Å². The van der Waals surface area contributed by atoms with Gasteiger partial charge in [-0.05, 0) is 11.1 Å². The van der Waals surface area contributed by atoms with E-state index >= 15 is 0 Å². The zero-order valence-electron chi connectivity index (χ0n) is 6.56. The maximum absolute atomic E-state index is 8.70. The number of nitrogens with two attached hydrogens (primary N) is 1. The van der Waals surface area contributed by atoms with Gasteiger partial charge in [-0.3, -0.25) is 4.84 Å². The second-order valence-electron chi connectivity index (χ2n) is 2.29. The zero-order chi connectivity index (χ0) is 8.10. The predicted octanol–water partition coefficient (Wildman–Crippen LogP) is 0.991. The lowest BCUT2D eigenvalue weighted by atomic mass is 10.1. The van der Waals surface area contributed by atoms with Crippen LogP contribution in [0.4, 0.5) is 0 Å². The zero-order valence-corrected chi connectivity index (χ0v) is 7.38. The standard InChI is InChI=1S/C8H11NO2.ClH/c9-11-6-8-3-1-7(5-10)2-4-8;/h1-4,10H,5-6,9H2;1H. The van der Waals surface area contributed by atoms with E-state index in [9.17, 15) is 0 Å². The van der Waals surface area contributed by atoms with Gasteiger partial charge in [-0.2, -0.15) is 0 Å². The molecule has 0 bridgehead atoms. The minimum atomic E-state index is 0. The molecule has 1 aromatic carbocycles. The highest BCUT2D eigenvalue weighted by Gasteiger charge is 1.91. The van der Waals surface area contributed by atoms with Crippen LogP contribution in [0.25, 0.3) is 0 Å². The summed E-state index contributed by atoms with van der Waals surface area (Å²) < 4.78 is 0. The van der Waals surface area contributed by atoms with E-state index in [1.165, 1.54) is 0 Å². The number of rotatable bonds is 3. The molecule has 0 spiro atoms. The first-order valence-corrected chi connectivity index (χ1v) is 3.37. The molecule has 0 saturated carbocycles. The first-order valence-electron chi connectivity index (χ1n) is 3.37. The van der Waals surface area contributed by atoms with Crippen LogP contribution in [0.2, 0.25) is 0 Å².